The summed E-state index contributed by atoms with van der Waals surface area (Å²) in [6, 6.07) is 19.4. The van der Waals surface area contributed by atoms with Crippen LogP contribution < -0.4 is 4.74 Å². The number of hydrogen-bond donors (Lipinski definition) is 0. The van der Waals surface area contributed by atoms with Crippen LogP contribution in [0.2, 0.25) is 0 Å². The number of benzene rings is 3. The average molecular weight is 455 g/mol. The number of rotatable bonds is 2. The minimum absolute atomic E-state index is 0.161. The van der Waals surface area contributed by atoms with E-state index < -0.39 is 22.9 Å². The molecule has 2 aliphatic rings. The highest BCUT2D eigenvalue weighted by Gasteiger charge is 2.59. The molecule has 0 radical (unpaired) electrons. The molecule has 1 aliphatic carbocycles. The van der Waals surface area contributed by atoms with Crippen molar-refractivity contribution in [3.05, 3.63) is 94.0 Å². The van der Waals surface area contributed by atoms with Crippen LogP contribution in [-0.4, -0.2) is 17.4 Å². The second-order valence-electron chi connectivity index (χ2n) is 10.5. The molecule has 0 amide bonds. The maximum atomic E-state index is 14.5. The van der Waals surface area contributed by atoms with Gasteiger partial charge in [-0.25, -0.2) is 0 Å². The van der Waals surface area contributed by atoms with Crippen molar-refractivity contribution in [1.29, 1.82) is 0 Å². The van der Waals surface area contributed by atoms with Gasteiger partial charge in [0.25, 0.3) is 0 Å². The van der Waals surface area contributed by atoms with Crippen molar-refractivity contribution in [2.24, 2.45) is 5.41 Å². The van der Waals surface area contributed by atoms with Crippen LogP contribution in [0.15, 0.2) is 60.7 Å². The SMILES string of the molecule is Cc1cc(C)c2c(c1)C(=O)C(C(=O)OC(C)(C)C)(C1c3ccccc3Oc3ccccc31)CC2. The second kappa shape index (κ2) is 7.83. The Kier molecular flexibility index (Phi) is 5.16. The Morgan fingerprint density at radius 2 is 1.56 bits per heavy atom. The Labute approximate surface area is 200 Å². The van der Waals surface area contributed by atoms with Crippen molar-refractivity contribution in [1.82, 2.24) is 0 Å². The van der Waals surface area contributed by atoms with Gasteiger partial charge in [-0.3, -0.25) is 9.59 Å². The van der Waals surface area contributed by atoms with E-state index in [9.17, 15) is 9.59 Å². The van der Waals surface area contributed by atoms with Crippen LogP contribution in [0.1, 0.15) is 71.3 Å². The summed E-state index contributed by atoms with van der Waals surface area (Å²) in [5, 5.41) is 0. The number of esters is 1. The van der Waals surface area contributed by atoms with E-state index in [-0.39, 0.29) is 5.78 Å². The summed E-state index contributed by atoms with van der Waals surface area (Å²) < 4.78 is 12.2. The van der Waals surface area contributed by atoms with Crippen molar-refractivity contribution in [2.45, 2.75) is 59.0 Å². The van der Waals surface area contributed by atoms with Gasteiger partial charge >= 0.3 is 5.97 Å². The van der Waals surface area contributed by atoms with Crippen LogP contribution in [-0.2, 0) is 16.0 Å². The maximum Gasteiger partial charge on any atom is 0.321 e. The van der Waals surface area contributed by atoms with Crippen LogP contribution in [0.25, 0.3) is 0 Å². The van der Waals surface area contributed by atoms with E-state index in [0.717, 1.165) is 27.8 Å². The molecule has 0 spiro atoms. The van der Waals surface area contributed by atoms with Gasteiger partial charge in [-0.15, -0.1) is 0 Å². The van der Waals surface area contributed by atoms with E-state index in [2.05, 4.69) is 6.07 Å². The third-order valence-electron chi connectivity index (χ3n) is 6.97. The molecule has 1 atom stereocenters. The molecule has 3 aromatic rings. The zero-order chi connectivity index (χ0) is 24.3. The molecule has 1 heterocycles. The monoisotopic (exact) mass is 454 g/mol. The predicted octanol–water partition coefficient (Wildman–Crippen LogP) is 6.70. The predicted molar refractivity (Wildman–Crippen MR) is 132 cm³/mol. The van der Waals surface area contributed by atoms with Gasteiger partial charge in [0.15, 0.2) is 5.78 Å². The lowest BCUT2D eigenvalue weighted by molar-refractivity contribution is -0.165. The molecule has 3 aromatic carbocycles. The van der Waals surface area contributed by atoms with Gasteiger partial charge in [-0.1, -0.05) is 48.0 Å². The topological polar surface area (TPSA) is 52.6 Å². The minimum Gasteiger partial charge on any atom is -0.459 e. The highest BCUT2D eigenvalue weighted by Crippen LogP contribution is 2.57. The van der Waals surface area contributed by atoms with Gasteiger partial charge in [-0.05, 0) is 76.8 Å². The van der Waals surface area contributed by atoms with Gasteiger partial charge < -0.3 is 9.47 Å². The molecule has 4 heteroatoms. The third kappa shape index (κ3) is 3.44. The molecular weight excluding hydrogens is 424 g/mol. The summed E-state index contributed by atoms with van der Waals surface area (Å²) in [5.74, 6) is 0.212. The largest absolute Gasteiger partial charge is 0.459 e. The zero-order valence-electron chi connectivity index (χ0n) is 20.4. The molecule has 0 fully saturated rings. The molecule has 0 bridgehead atoms. The Hall–Kier alpha value is -3.40. The van der Waals surface area contributed by atoms with E-state index in [1.165, 1.54) is 0 Å². The first kappa shape index (κ1) is 22.4. The highest BCUT2D eigenvalue weighted by molar-refractivity contribution is 6.15. The Morgan fingerprint density at radius 3 is 2.15 bits per heavy atom. The van der Waals surface area contributed by atoms with Crippen molar-refractivity contribution in [2.75, 3.05) is 0 Å². The molecule has 174 valence electrons. The number of Topliss-reactive ketones (excluding diaryl/α,β-unsaturated/α-hetero) is 1. The third-order valence-corrected chi connectivity index (χ3v) is 6.97. The Morgan fingerprint density at radius 1 is 0.971 bits per heavy atom. The van der Waals surface area contributed by atoms with Gasteiger partial charge in [0, 0.05) is 22.6 Å². The standard InChI is InChI=1S/C30H30O4/c1-18-16-19(2)20-14-15-30(27(31)23(20)17-18,28(32)34-29(3,4)5)26-21-10-6-8-12-24(21)33-25-13-9-7-11-22(25)26/h6-13,16-17,26H,14-15H2,1-5H3. The first-order valence-corrected chi connectivity index (χ1v) is 11.9. The van der Waals surface area contributed by atoms with Gasteiger partial charge in [0.2, 0.25) is 0 Å². The molecular formula is C30H30O4. The molecule has 34 heavy (non-hydrogen) atoms. The maximum absolute atomic E-state index is 14.5. The summed E-state index contributed by atoms with van der Waals surface area (Å²) in [6.45, 7) is 9.57. The van der Waals surface area contributed by atoms with Crippen molar-refractivity contribution in [3.63, 3.8) is 0 Å². The summed E-state index contributed by atoms with van der Waals surface area (Å²) >= 11 is 0. The molecule has 0 N–H and O–H groups in total. The number of para-hydroxylation sites is 2. The smallest absolute Gasteiger partial charge is 0.321 e. The number of carbonyl (C=O) groups excluding carboxylic acids is 2. The van der Waals surface area contributed by atoms with Crippen LogP contribution in [0.5, 0.6) is 11.5 Å². The average Bonchev–Trinajstić information content (AvgIpc) is 2.77. The zero-order valence-corrected chi connectivity index (χ0v) is 20.4. The fraction of sp³-hybridized carbons (Fsp3) is 0.333. The second-order valence-corrected chi connectivity index (χ2v) is 10.5. The van der Waals surface area contributed by atoms with Crippen LogP contribution in [0, 0.1) is 19.3 Å². The van der Waals surface area contributed by atoms with E-state index in [1.807, 2.05) is 89.2 Å². The Bertz CT molecular complexity index is 1270. The highest BCUT2D eigenvalue weighted by atomic mass is 16.6. The fourth-order valence-corrected chi connectivity index (χ4v) is 5.61. The summed E-state index contributed by atoms with van der Waals surface area (Å²) in [5.41, 5.74) is 3.33. The first-order chi connectivity index (χ1) is 16.1. The Balaban J connectivity index is 1.80. The fourth-order valence-electron chi connectivity index (χ4n) is 5.61. The summed E-state index contributed by atoms with van der Waals surface area (Å²) in [4.78, 5) is 28.7. The van der Waals surface area contributed by atoms with Gasteiger partial charge in [0.05, 0.1) is 0 Å². The lowest BCUT2D eigenvalue weighted by Gasteiger charge is -2.44. The van der Waals surface area contributed by atoms with Crippen molar-refractivity contribution >= 4 is 11.8 Å². The molecule has 1 unspecified atom stereocenters. The summed E-state index contributed by atoms with van der Waals surface area (Å²) in [6.07, 6.45) is 1.01. The van der Waals surface area contributed by atoms with Crippen molar-refractivity contribution in [3.8, 4) is 11.5 Å². The molecule has 5 rings (SSSR count). The lowest BCUT2D eigenvalue weighted by atomic mass is 9.58. The number of fused-ring (bicyclic) bond motifs is 3. The number of ketones is 1. The van der Waals surface area contributed by atoms with Crippen LogP contribution in [0.3, 0.4) is 0 Å². The number of aryl methyl sites for hydroxylation is 2. The molecule has 0 saturated heterocycles. The molecule has 1 aliphatic heterocycles. The number of hydrogen-bond acceptors (Lipinski definition) is 4. The van der Waals surface area contributed by atoms with Gasteiger partial charge in [-0.2, -0.15) is 0 Å². The number of carbonyl (C=O) groups is 2. The first-order valence-electron chi connectivity index (χ1n) is 11.9. The molecule has 0 saturated carbocycles. The lowest BCUT2D eigenvalue weighted by Crippen LogP contribution is -2.51. The quantitative estimate of drug-likeness (QED) is 0.319. The van der Waals surface area contributed by atoms with E-state index in [0.29, 0.717) is 29.9 Å². The van der Waals surface area contributed by atoms with Crippen LogP contribution >= 0.6 is 0 Å². The normalized spacial score (nSPS) is 19.5. The van der Waals surface area contributed by atoms with Gasteiger partial charge in [0.1, 0.15) is 22.5 Å². The summed E-state index contributed by atoms with van der Waals surface area (Å²) in [7, 11) is 0. The van der Waals surface area contributed by atoms with Crippen molar-refractivity contribution < 1.29 is 19.1 Å². The minimum atomic E-state index is -1.39. The molecule has 4 nitrogen and oxygen atoms in total. The van der Waals surface area contributed by atoms with E-state index >= 15 is 0 Å². The number of ether oxygens (including phenoxy) is 2. The van der Waals surface area contributed by atoms with E-state index in [4.69, 9.17) is 9.47 Å². The van der Waals surface area contributed by atoms with E-state index in [1.54, 1.807) is 0 Å². The van der Waals surface area contributed by atoms with Crippen LogP contribution in [0.4, 0.5) is 0 Å². The molecule has 0 aromatic heterocycles.